The van der Waals surface area contributed by atoms with Gasteiger partial charge in [0.25, 0.3) is 0 Å². The predicted molar refractivity (Wildman–Crippen MR) is 25.4 cm³/mol. The Labute approximate surface area is 47.9 Å². The molecule has 0 heterocycles. The van der Waals surface area contributed by atoms with Crippen molar-refractivity contribution in [3.8, 4) is 6.07 Å². The van der Waals surface area contributed by atoms with Crippen molar-refractivity contribution in [1.82, 2.24) is 0 Å². The van der Waals surface area contributed by atoms with E-state index in [4.69, 9.17) is 12.2 Å². The lowest BCUT2D eigenvalue weighted by molar-refractivity contribution is -0.142. The summed E-state index contributed by atoms with van der Waals surface area (Å²) in [6.07, 6.45) is 0. The molecular weight excluding hydrogens is 106 g/mol. The van der Waals surface area contributed by atoms with Crippen LogP contribution in [0.15, 0.2) is 0 Å². The number of rotatable bonds is 1. The van der Waals surface area contributed by atoms with E-state index in [1.54, 1.807) is 0 Å². The van der Waals surface area contributed by atoms with Crippen LogP contribution >= 0.6 is 0 Å². The molecule has 3 nitrogen and oxygen atoms in total. The SMILES string of the molecule is [CH]C(C#N)C(=O)OC. The van der Waals surface area contributed by atoms with E-state index in [1.807, 2.05) is 0 Å². The van der Waals surface area contributed by atoms with Crippen molar-refractivity contribution >= 4 is 5.97 Å². The number of carbonyl (C=O) groups is 1. The van der Waals surface area contributed by atoms with Crippen LogP contribution in [0.2, 0.25) is 0 Å². The van der Waals surface area contributed by atoms with E-state index >= 15 is 0 Å². The summed E-state index contributed by atoms with van der Waals surface area (Å²) in [7, 11) is 1.18. The largest absolute Gasteiger partial charge is 0.468 e. The lowest BCUT2D eigenvalue weighted by Gasteiger charge is -1.95. The standard InChI is InChI=1S/C5H5NO2/c1-4(3-6)5(7)8-2/h1,4H,2H3. The van der Waals surface area contributed by atoms with E-state index in [-0.39, 0.29) is 0 Å². The number of hydrogen-bond donors (Lipinski definition) is 0. The topological polar surface area (TPSA) is 50.1 Å². The Kier molecular flexibility index (Phi) is 2.63. The second-order valence-electron chi connectivity index (χ2n) is 1.13. The summed E-state index contributed by atoms with van der Waals surface area (Å²) in [6.45, 7) is 4.89. The zero-order valence-corrected chi connectivity index (χ0v) is 4.42. The van der Waals surface area contributed by atoms with Gasteiger partial charge in [0.05, 0.1) is 13.2 Å². The molecule has 0 aliphatic carbocycles. The molecule has 2 radical (unpaired) electrons. The molecule has 0 amide bonds. The first-order chi connectivity index (χ1) is 3.72. The van der Waals surface area contributed by atoms with Gasteiger partial charge >= 0.3 is 5.97 Å². The molecule has 1 atom stereocenters. The summed E-state index contributed by atoms with van der Waals surface area (Å²) in [5, 5.41) is 7.96. The Morgan fingerprint density at radius 3 is 2.62 bits per heavy atom. The molecule has 0 bridgehead atoms. The van der Waals surface area contributed by atoms with Gasteiger partial charge in [0.15, 0.2) is 0 Å². The van der Waals surface area contributed by atoms with Crippen molar-refractivity contribution < 1.29 is 9.53 Å². The molecule has 0 spiro atoms. The zero-order valence-electron chi connectivity index (χ0n) is 4.42. The zero-order chi connectivity index (χ0) is 6.57. The Morgan fingerprint density at radius 1 is 2.00 bits per heavy atom. The van der Waals surface area contributed by atoms with Crippen molar-refractivity contribution in [1.29, 1.82) is 5.26 Å². The molecule has 0 aliphatic rings. The van der Waals surface area contributed by atoms with E-state index in [0.717, 1.165) is 0 Å². The molecule has 0 fully saturated rings. The molecule has 0 rings (SSSR count). The van der Waals surface area contributed by atoms with Crippen molar-refractivity contribution in [3.63, 3.8) is 0 Å². The molecule has 0 saturated carbocycles. The van der Waals surface area contributed by atoms with Crippen LogP contribution < -0.4 is 0 Å². The average molecular weight is 111 g/mol. The third kappa shape index (κ3) is 1.61. The van der Waals surface area contributed by atoms with Gasteiger partial charge in [-0.15, -0.1) is 0 Å². The summed E-state index contributed by atoms with van der Waals surface area (Å²) in [4.78, 5) is 10.2. The fourth-order valence-corrected chi connectivity index (χ4v) is 0.180. The van der Waals surface area contributed by atoms with Crippen LogP contribution in [0.25, 0.3) is 0 Å². The summed E-state index contributed by atoms with van der Waals surface area (Å²) in [5.74, 6) is -1.84. The molecule has 1 unspecified atom stereocenters. The lowest BCUT2D eigenvalue weighted by atomic mass is 10.2. The van der Waals surface area contributed by atoms with Crippen LogP contribution in [0.1, 0.15) is 0 Å². The van der Waals surface area contributed by atoms with E-state index < -0.39 is 11.9 Å². The first-order valence-corrected chi connectivity index (χ1v) is 1.95. The Hall–Kier alpha value is -1.04. The van der Waals surface area contributed by atoms with Crippen LogP contribution in [0.4, 0.5) is 0 Å². The first-order valence-electron chi connectivity index (χ1n) is 1.95. The molecule has 0 aromatic carbocycles. The molecular formula is C5H5NO2. The number of ether oxygens (including phenoxy) is 1. The minimum Gasteiger partial charge on any atom is -0.468 e. The van der Waals surface area contributed by atoms with Gasteiger partial charge in [-0.25, -0.2) is 0 Å². The third-order valence-electron chi connectivity index (χ3n) is 0.594. The van der Waals surface area contributed by atoms with Gasteiger partial charge in [-0.2, -0.15) is 5.26 Å². The van der Waals surface area contributed by atoms with Gasteiger partial charge in [-0.05, 0) is 6.92 Å². The Balaban J connectivity index is 3.68. The summed E-state index contributed by atoms with van der Waals surface area (Å²) in [6, 6.07) is 1.52. The number of nitriles is 1. The molecule has 0 aliphatic heterocycles. The fraction of sp³-hybridized carbons (Fsp3) is 0.400. The van der Waals surface area contributed by atoms with E-state index in [1.165, 1.54) is 13.2 Å². The van der Waals surface area contributed by atoms with Crippen LogP contribution in [-0.4, -0.2) is 13.1 Å². The van der Waals surface area contributed by atoms with Crippen LogP contribution in [-0.2, 0) is 9.53 Å². The monoisotopic (exact) mass is 111 g/mol. The lowest BCUT2D eigenvalue weighted by Crippen LogP contribution is -2.09. The maximum Gasteiger partial charge on any atom is 0.323 e. The molecule has 0 aromatic heterocycles. The normalized spacial score (nSPS) is 11.6. The summed E-state index contributed by atoms with van der Waals surface area (Å²) >= 11 is 0. The highest BCUT2D eigenvalue weighted by Crippen LogP contribution is 1.91. The molecule has 42 valence electrons. The maximum atomic E-state index is 10.2. The van der Waals surface area contributed by atoms with Crippen LogP contribution in [0.3, 0.4) is 0 Å². The molecule has 8 heavy (non-hydrogen) atoms. The van der Waals surface area contributed by atoms with Gasteiger partial charge in [0.2, 0.25) is 0 Å². The van der Waals surface area contributed by atoms with Gasteiger partial charge in [-0.3, -0.25) is 4.79 Å². The van der Waals surface area contributed by atoms with Crippen LogP contribution in [0.5, 0.6) is 0 Å². The minimum absolute atomic E-state index is 0.701. The third-order valence-corrected chi connectivity index (χ3v) is 0.594. The average Bonchev–Trinajstić information content (AvgIpc) is 1.84. The van der Waals surface area contributed by atoms with Crippen molar-refractivity contribution in [3.05, 3.63) is 6.92 Å². The highest BCUT2D eigenvalue weighted by molar-refractivity contribution is 5.75. The molecule has 0 N–H and O–H groups in total. The number of methoxy groups -OCH3 is 1. The molecule has 3 heteroatoms. The van der Waals surface area contributed by atoms with E-state index in [9.17, 15) is 4.79 Å². The fourth-order valence-electron chi connectivity index (χ4n) is 0.180. The number of nitrogens with zero attached hydrogens (tertiary/aromatic N) is 1. The van der Waals surface area contributed by atoms with E-state index in [0.29, 0.717) is 0 Å². The summed E-state index contributed by atoms with van der Waals surface area (Å²) in [5.41, 5.74) is 0. The van der Waals surface area contributed by atoms with Crippen LogP contribution in [0, 0.1) is 24.2 Å². The summed E-state index contributed by atoms with van der Waals surface area (Å²) < 4.78 is 4.12. The van der Waals surface area contributed by atoms with Gasteiger partial charge < -0.3 is 4.74 Å². The Morgan fingerprint density at radius 2 is 2.50 bits per heavy atom. The first kappa shape index (κ1) is 6.96. The van der Waals surface area contributed by atoms with Crippen molar-refractivity contribution in [2.45, 2.75) is 0 Å². The van der Waals surface area contributed by atoms with Crippen molar-refractivity contribution in [2.24, 2.45) is 5.92 Å². The van der Waals surface area contributed by atoms with Gasteiger partial charge in [0.1, 0.15) is 5.92 Å². The number of esters is 1. The molecule has 0 aromatic rings. The second kappa shape index (κ2) is 3.03. The quantitative estimate of drug-likeness (QED) is 0.448. The molecule has 0 saturated heterocycles. The van der Waals surface area contributed by atoms with Gasteiger partial charge in [-0.1, -0.05) is 0 Å². The second-order valence-corrected chi connectivity index (χ2v) is 1.13. The van der Waals surface area contributed by atoms with E-state index in [2.05, 4.69) is 4.74 Å². The van der Waals surface area contributed by atoms with Crippen molar-refractivity contribution in [2.75, 3.05) is 7.11 Å². The highest BCUT2D eigenvalue weighted by Gasteiger charge is 2.10. The Bertz CT molecular complexity index is 125. The van der Waals surface area contributed by atoms with Gasteiger partial charge in [0, 0.05) is 0 Å². The smallest absolute Gasteiger partial charge is 0.323 e. The highest BCUT2D eigenvalue weighted by atomic mass is 16.5. The number of hydrogen-bond acceptors (Lipinski definition) is 3. The maximum absolute atomic E-state index is 10.2. The minimum atomic E-state index is -1.14. The number of carbonyl (C=O) groups excluding carboxylic acids is 1. The predicted octanol–water partition coefficient (Wildman–Crippen LogP) is 0.0103.